The third kappa shape index (κ3) is 3.58. The molecule has 5 nitrogen and oxygen atoms in total. The van der Waals surface area contributed by atoms with Gasteiger partial charge < -0.3 is 4.57 Å². The Morgan fingerprint density at radius 2 is 1.85 bits per heavy atom. The number of hydrogen-bond acceptors (Lipinski definition) is 4. The summed E-state index contributed by atoms with van der Waals surface area (Å²) in [7, 11) is 1.49. The molecule has 2 rings (SSSR count). The SMILES string of the molecule is CCn1c(CCCc2ccccc2)nnc1S(=O)(=O)Cl. The highest BCUT2D eigenvalue weighted by Gasteiger charge is 2.21. The molecule has 0 fully saturated rings. The van der Waals surface area contributed by atoms with Gasteiger partial charge in [0.1, 0.15) is 5.82 Å². The predicted octanol–water partition coefficient (Wildman–Crippen LogP) is 2.40. The third-order valence-corrected chi connectivity index (χ3v) is 4.19. The van der Waals surface area contributed by atoms with Crippen molar-refractivity contribution in [2.45, 2.75) is 37.9 Å². The molecule has 7 heteroatoms. The second-order valence-electron chi connectivity index (χ2n) is 4.42. The lowest BCUT2D eigenvalue weighted by molar-refractivity contribution is 0.572. The van der Waals surface area contributed by atoms with Crippen LogP contribution in [0.15, 0.2) is 35.5 Å². The lowest BCUT2D eigenvalue weighted by Gasteiger charge is -2.05. The van der Waals surface area contributed by atoms with E-state index in [1.807, 2.05) is 25.1 Å². The Morgan fingerprint density at radius 1 is 1.15 bits per heavy atom. The minimum Gasteiger partial charge on any atom is -0.301 e. The monoisotopic (exact) mass is 313 g/mol. The topological polar surface area (TPSA) is 64.8 Å². The molecule has 0 aliphatic carbocycles. The van der Waals surface area contributed by atoms with Gasteiger partial charge in [-0.05, 0) is 25.3 Å². The van der Waals surface area contributed by atoms with Gasteiger partial charge in [-0.15, -0.1) is 10.2 Å². The second kappa shape index (κ2) is 6.37. The predicted molar refractivity (Wildman–Crippen MR) is 77.2 cm³/mol. The van der Waals surface area contributed by atoms with Gasteiger partial charge in [0, 0.05) is 23.6 Å². The number of aromatic nitrogens is 3. The van der Waals surface area contributed by atoms with Crippen LogP contribution in [-0.2, 0) is 28.4 Å². The van der Waals surface area contributed by atoms with E-state index in [1.54, 1.807) is 4.57 Å². The Labute approximate surface area is 123 Å². The standard InChI is InChI=1S/C13H16ClN3O2S/c1-2-17-12(15-16-13(17)20(14,18)19)10-6-9-11-7-4-3-5-8-11/h3-5,7-8H,2,6,9-10H2,1H3. The number of aryl methyl sites for hydroxylation is 2. The summed E-state index contributed by atoms with van der Waals surface area (Å²) in [5.74, 6) is 0.655. The Morgan fingerprint density at radius 3 is 2.45 bits per heavy atom. The van der Waals surface area contributed by atoms with Crippen molar-refractivity contribution in [3.63, 3.8) is 0 Å². The first-order valence-electron chi connectivity index (χ1n) is 6.43. The van der Waals surface area contributed by atoms with Crippen molar-refractivity contribution in [1.29, 1.82) is 0 Å². The molecule has 1 aromatic carbocycles. The molecule has 0 radical (unpaired) electrons. The average Bonchev–Trinajstić information content (AvgIpc) is 2.83. The van der Waals surface area contributed by atoms with Gasteiger partial charge in [-0.25, -0.2) is 8.42 Å². The van der Waals surface area contributed by atoms with Crippen molar-refractivity contribution in [2.75, 3.05) is 0 Å². The lowest BCUT2D eigenvalue weighted by atomic mass is 10.1. The van der Waals surface area contributed by atoms with E-state index in [4.69, 9.17) is 10.7 Å². The normalized spacial score (nSPS) is 11.7. The highest BCUT2D eigenvalue weighted by molar-refractivity contribution is 8.13. The van der Waals surface area contributed by atoms with Gasteiger partial charge >= 0.3 is 0 Å². The van der Waals surface area contributed by atoms with Crippen molar-refractivity contribution in [3.05, 3.63) is 41.7 Å². The third-order valence-electron chi connectivity index (χ3n) is 3.04. The molecule has 0 saturated carbocycles. The molecular formula is C13H16ClN3O2S. The summed E-state index contributed by atoms with van der Waals surface area (Å²) >= 11 is 0. The van der Waals surface area contributed by atoms with Crippen LogP contribution in [0.4, 0.5) is 0 Å². The molecule has 1 heterocycles. The van der Waals surface area contributed by atoms with E-state index in [9.17, 15) is 8.42 Å². The summed E-state index contributed by atoms with van der Waals surface area (Å²) in [6, 6.07) is 10.1. The van der Waals surface area contributed by atoms with Crippen molar-refractivity contribution < 1.29 is 8.42 Å². The average molecular weight is 314 g/mol. The van der Waals surface area contributed by atoms with Crippen LogP contribution in [0.25, 0.3) is 0 Å². The number of hydrogen-bond donors (Lipinski definition) is 0. The van der Waals surface area contributed by atoms with Crippen LogP contribution < -0.4 is 0 Å². The highest BCUT2D eigenvalue weighted by Crippen LogP contribution is 2.15. The number of halogens is 1. The molecule has 0 saturated heterocycles. The summed E-state index contributed by atoms with van der Waals surface area (Å²) in [5, 5.41) is 7.44. The van der Waals surface area contributed by atoms with Crippen molar-refractivity contribution >= 4 is 19.7 Å². The molecule has 0 aliphatic rings. The van der Waals surface area contributed by atoms with Crippen LogP contribution in [-0.4, -0.2) is 23.2 Å². The maximum atomic E-state index is 11.4. The van der Waals surface area contributed by atoms with Gasteiger partial charge in [0.05, 0.1) is 0 Å². The van der Waals surface area contributed by atoms with E-state index >= 15 is 0 Å². The van der Waals surface area contributed by atoms with Crippen LogP contribution in [0.2, 0.25) is 0 Å². The number of nitrogens with zero attached hydrogens (tertiary/aromatic N) is 3. The second-order valence-corrected chi connectivity index (χ2v) is 6.88. The molecule has 0 spiro atoms. The van der Waals surface area contributed by atoms with Crippen LogP contribution in [0, 0.1) is 0 Å². The van der Waals surface area contributed by atoms with E-state index in [-0.39, 0.29) is 5.16 Å². The van der Waals surface area contributed by atoms with E-state index in [1.165, 1.54) is 5.56 Å². The molecule has 0 N–H and O–H groups in total. The maximum absolute atomic E-state index is 11.4. The molecule has 20 heavy (non-hydrogen) atoms. The van der Waals surface area contributed by atoms with Crippen LogP contribution in [0.5, 0.6) is 0 Å². The van der Waals surface area contributed by atoms with E-state index < -0.39 is 9.05 Å². The van der Waals surface area contributed by atoms with Gasteiger partial charge in [-0.3, -0.25) is 0 Å². The fourth-order valence-electron chi connectivity index (χ4n) is 2.10. The Balaban J connectivity index is 2.05. The van der Waals surface area contributed by atoms with E-state index in [0.29, 0.717) is 18.8 Å². The summed E-state index contributed by atoms with van der Waals surface area (Å²) in [6.45, 7) is 2.32. The van der Waals surface area contributed by atoms with Crippen LogP contribution >= 0.6 is 10.7 Å². The fraction of sp³-hybridized carbons (Fsp3) is 0.385. The van der Waals surface area contributed by atoms with E-state index in [0.717, 1.165) is 12.8 Å². The largest absolute Gasteiger partial charge is 0.301 e. The minimum absolute atomic E-state index is 0.170. The summed E-state index contributed by atoms with van der Waals surface area (Å²) < 4.78 is 24.3. The van der Waals surface area contributed by atoms with Crippen LogP contribution in [0.1, 0.15) is 24.7 Å². The maximum Gasteiger partial charge on any atom is 0.296 e. The van der Waals surface area contributed by atoms with Gasteiger partial charge in [-0.2, -0.15) is 0 Å². The van der Waals surface area contributed by atoms with Gasteiger partial charge in [0.2, 0.25) is 0 Å². The molecule has 2 aromatic rings. The zero-order chi connectivity index (χ0) is 14.6. The summed E-state index contributed by atoms with van der Waals surface area (Å²) in [6.07, 6.45) is 2.47. The summed E-state index contributed by atoms with van der Waals surface area (Å²) in [5.41, 5.74) is 1.25. The van der Waals surface area contributed by atoms with Gasteiger partial charge in [0.15, 0.2) is 0 Å². The molecule has 0 unspecified atom stereocenters. The first-order chi connectivity index (χ1) is 9.52. The van der Waals surface area contributed by atoms with Crippen molar-refractivity contribution in [3.8, 4) is 0 Å². The quantitative estimate of drug-likeness (QED) is 0.768. The number of benzene rings is 1. The minimum atomic E-state index is -3.84. The molecule has 0 bridgehead atoms. The van der Waals surface area contributed by atoms with Gasteiger partial charge in [-0.1, -0.05) is 30.3 Å². The molecule has 0 amide bonds. The van der Waals surface area contributed by atoms with Crippen LogP contribution in [0.3, 0.4) is 0 Å². The lowest BCUT2D eigenvalue weighted by Crippen LogP contribution is -2.08. The molecule has 0 atom stereocenters. The first kappa shape index (κ1) is 15.0. The Kier molecular flexibility index (Phi) is 4.77. The summed E-state index contributed by atoms with van der Waals surface area (Å²) in [4.78, 5) is 0. The molecule has 0 aliphatic heterocycles. The fourth-order valence-corrected chi connectivity index (χ4v) is 3.08. The first-order valence-corrected chi connectivity index (χ1v) is 8.74. The zero-order valence-corrected chi connectivity index (χ0v) is 12.7. The van der Waals surface area contributed by atoms with E-state index in [2.05, 4.69) is 22.3 Å². The molecule has 108 valence electrons. The Bertz CT molecular complexity index is 668. The van der Waals surface area contributed by atoms with Crippen molar-refractivity contribution in [2.24, 2.45) is 0 Å². The zero-order valence-electron chi connectivity index (χ0n) is 11.2. The van der Waals surface area contributed by atoms with Crippen molar-refractivity contribution in [1.82, 2.24) is 14.8 Å². The smallest absolute Gasteiger partial charge is 0.296 e. The number of rotatable bonds is 6. The molecular weight excluding hydrogens is 298 g/mol. The molecule has 1 aromatic heterocycles. The van der Waals surface area contributed by atoms with Gasteiger partial charge in [0.25, 0.3) is 14.2 Å². The Hall–Kier alpha value is -1.40. The highest BCUT2D eigenvalue weighted by atomic mass is 35.7.